The van der Waals surface area contributed by atoms with Crippen LogP contribution < -0.4 is 5.32 Å². The third-order valence-corrected chi connectivity index (χ3v) is 3.33. The molecule has 120 valence electrons. The Morgan fingerprint density at radius 3 is 2.39 bits per heavy atom. The minimum Gasteiger partial charge on any atom is -0.350 e. The van der Waals surface area contributed by atoms with E-state index in [4.69, 9.17) is 0 Å². The van der Waals surface area contributed by atoms with Gasteiger partial charge >= 0.3 is 0 Å². The molecule has 0 spiro atoms. The second kappa shape index (κ2) is 8.03. The number of nitrogens with one attached hydrogen (secondary N) is 1. The van der Waals surface area contributed by atoms with E-state index in [1.807, 2.05) is 6.92 Å². The maximum atomic E-state index is 12.8. The smallest absolute Gasteiger partial charge is 0.254 e. The zero-order chi connectivity index (χ0) is 16.7. The lowest BCUT2D eigenvalue weighted by molar-refractivity contribution is -0.121. The number of nitrogens with zero attached hydrogens (tertiary/aromatic N) is 2. The Morgan fingerprint density at radius 2 is 1.78 bits per heavy atom. The summed E-state index contributed by atoms with van der Waals surface area (Å²) in [4.78, 5) is 29.6. The summed E-state index contributed by atoms with van der Waals surface area (Å²) >= 11 is 0. The summed E-state index contributed by atoms with van der Waals surface area (Å²) in [7, 11) is 0. The molecule has 0 aliphatic carbocycles. The first kappa shape index (κ1) is 16.6. The van der Waals surface area contributed by atoms with Gasteiger partial charge in [-0.15, -0.1) is 0 Å². The first-order chi connectivity index (χ1) is 11.1. The zero-order valence-corrected chi connectivity index (χ0v) is 12.8. The lowest BCUT2D eigenvalue weighted by Crippen LogP contribution is -2.40. The van der Waals surface area contributed by atoms with Gasteiger partial charge in [0.05, 0.1) is 6.54 Å². The predicted octanol–water partition coefficient (Wildman–Crippen LogP) is 2.00. The zero-order valence-electron chi connectivity index (χ0n) is 12.8. The van der Waals surface area contributed by atoms with Crippen LogP contribution in [0.2, 0.25) is 0 Å². The highest BCUT2D eigenvalue weighted by Crippen LogP contribution is 2.04. The summed E-state index contributed by atoms with van der Waals surface area (Å²) in [5.74, 6) is -0.800. The molecule has 0 saturated carbocycles. The molecule has 23 heavy (non-hydrogen) atoms. The van der Waals surface area contributed by atoms with Gasteiger partial charge in [-0.1, -0.05) is 12.1 Å². The average Bonchev–Trinajstić information content (AvgIpc) is 2.59. The molecule has 6 heteroatoms. The number of halogens is 1. The van der Waals surface area contributed by atoms with E-state index in [1.165, 1.54) is 29.4 Å². The van der Waals surface area contributed by atoms with Crippen LogP contribution in [0.1, 0.15) is 22.8 Å². The van der Waals surface area contributed by atoms with Gasteiger partial charge in [0, 0.05) is 31.0 Å². The summed E-state index contributed by atoms with van der Waals surface area (Å²) in [6.07, 6.45) is 3.07. The van der Waals surface area contributed by atoms with Crippen molar-refractivity contribution in [3.63, 3.8) is 0 Å². The van der Waals surface area contributed by atoms with Crippen molar-refractivity contribution >= 4 is 11.8 Å². The SMILES string of the molecule is CCN(CC(=O)NCc1ccc(F)cc1)C(=O)c1ccncc1. The van der Waals surface area contributed by atoms with Crippen LogP contribution in [0.3, 0.4) is 0 Å². The second-order valence-electron chi connectivity index (χ2n) is 4.96. The van der Waals surface area contributed by atoms with Crippen LogP contribution in [-0.4, -0.2) is 34.8 Å². The highest BCUT2D eigenvalue weighted by Gasteiger charge is 2.16. The van der Waals surface area contributed by atoms with Gasteiger partial charge in [-0.2, -0.15) is 0 Å². The molecule has 0 fully saturated rings. The number of hydrogen-bond donors (Lipinski definition) is 1. The fraction of sp³-hybridized carbons (Fsp3) is 0.235. The molecule has 0 bridgehead atoms. The van der Waals surface area contributed by atoms with Crippen molar-refractivity contribution in [3.8, 4) is 0 Å². The molecule has 0 unspecified atom stereocenters. The molecule has 5 nitrogen and oxygen atoms in total. The first-order valence-electron chi connectivity index (χ1n) is 7.30. The van der Waals surface area contributed by atoms with Gasteiger partial charge in [0.2, 0.25) is 5.91 Å². The van der Waals surface area contributed by atoms with Crippen molar-refractivity contribution in [3.05, 3.63) is 65.7 Å². The molecule has 1 N–H and O–H groups in total. The number of rotatable bonds is 6. The number of pyridine rings is 1. The van der Waals surface area contributed by atoms with Gasteiger partial charge in [-0.3, -0.25) is 14.6 Å². The first-order valence-corrected chi connectivity index (χ1v) is 7.30. The number of hydrogen-bond acceptors (Lipinski definition) is 3. The van der Waals surface area contributed by atoms with Crippen LogP contribution >= 0.6 is 0 Å². The Hall–Kier alpha value is -2.76. The monoisotopic (exact) mass is 315 g/mol. The maximum absolute atomic E-state index is 12.8. The van der Waals surface area contributed by atoms with Crippen LogP contribution in [0.15, 0.2) is 48.8 Å². The molecule has 2 rings (SSSR count). The molecule has 0 aliphatic rings. The number of benzene rings is 1. The van der Waals surface area contributed by atoms with Crippen molar-refractivity contribution in [1.29, 1.82) is 0 Å². The average molecular weight is 315 g/mol. The lowest BCUT2D eigenvalue weighted by atomic mass is 10.2. The standard InChI is InChI=1S/C17H18FN3O2/c1-2-21(17(23)14-7-9-19-10-8-14)12-16(22)20-11-13-3-5-15(18)6-4-13/h3-10H,2,11-12H2,1H3,(H,20,22). The van der Waals surface area contributed by atoms with Gasteiger partial charge in [-0.05, 0) is 36.8 Å². The Balaban J connectivity index is 1.89. The highest BCUT2D eigenvalue weighted by atomic mass is 19.1. The quantitative estimate of drug-likeness (QED) is 0.887. The summed E-state index contributed by atoms with van der Waals surface area (Å²) in [6.45, 7) is 2.50. The van der Waals surface area contributed by atoms with Gasteiger partial charge < -0.3 is 10.2 Å². The van der Waals surface area contributed by atoms with Crippen LogP contribution in [0.25, 0.3) is 0 Å². The maximum Gasteiger partial charge on any atom is 0.254 e. The van der Waals surface area contributed by atoms with Crippen molar-refractivity contribution in [2.75, 3.05) is 13.1 Å². The second-order valence-corrected chi connectivity index (χ2v) is 4.96. The van der Waals surface area contributed by atoms with Crippen molar-refractivity contribution in [2.24, 2.45) is 0 Å². The molecule has 1 aromatic carbocycles. The third kappa shape index (κ3) is 4.88. The Labute approximate surface area is 134 Å². The van der Waals surface area contributed by atoms with Crippen molar-refractivity contribution in [2.45, 2.75) is 13.5 Å². The van der Waals surface area contributed by atoms with Crippen molar-refractivity contribution in [1.82, 2.24) is 15.2 Å². The molecular formula is C17H18FN3O2. The van der Waals surface area contributed by atoms with E-state index in [-0.39, 0.29) is 24.2 Å². The number of carbonyl (C=O) groups is 2. The van der Waals surface area contributed by atoms with Crippen LogP contribution in [0.5, 0.6) is 0 Å². The molecule has 2 amide bonds. The Morgan fingerprint density at radius 1 is 1.13 bits per heavy atom. The third-order valence-electron chi connectivity index (χ3n) is 3.33. The molecule has 1 aromatic heterocycles. The van der Waals surface area contributed by atoms with Gasteiger partial charge in [0.1, 0.15) is 5.82 Å². The highest BCUT2D eigenvalue weighted by molar-refractivity contribution is 5.96. The van der Waals surface area contributed by atoms with E-state index in [0.717, 1.165) is 5.56 Å². The van der Waals surface area contributed by atoms with E-state index in [9.17, 15) is 14.0 Å². The topological polar surface area (TPSA) is 62.3 Å². The van der Waals surface area contributed by atoms with E-state index >= 15 is 0 Å². The molecule has 2 aromatic rings. The normalized spacial score (nSPS) is 10.2. The summed E-state index contributed by atoms with van der Waals surface area (Å²) in [5.41, 5.74) is 1.29. The van der Waals surface area contributed by atoms with E-state index in [1.54, 1.807) is 24.3 Å². The fourth-order valence-electron chi connectivity index (χ4n) is 2.04. The van der Waals surface area contributed by atoms with Crippen LogP contribution in [-0.2, 0) is 11.3 Å². The summed E-state index contributed by atoms with van der Waals surface area (Å²) in [6, 6.07) is 9.12. The molecule has 0 radical (unpaired) electrons. The summed E-state index contributed by atoms with van der Waals surface area (Å²) < 4.78 is 12.8. The molecule has 0 atom stereocenters. The van der Waals surface area contributed by atoms with Crippen molar-refractivity contribution < 1.29 is 14.0 Å². The van der Waals surface area contributed by atoms with Crippen LogP contribution in [0.4, 0.5) is 4.39 Å². The Kier molecular flexibility index (Phi) is 5.80. The van der Waals surface area contributed by atoms with Gasteiger partial charge in [0.15, 0.2) is 0 Å². The largest absolute Gasteiger partial charge is 0.350 e. The molecule has 1 heterocycles. The van der Waals surface area contributed by atoms with Gasteiger partial charge in [-0.25, -0.2) is 4.39 Å². The predicted molar refractivity (Wildman–Crippen MR) is 84.1 cm³/mol. The minimum atomic E-state index is -0.319. The van der Waals surface area contributed by atoms with Gasteiger partial charge in [0.25, 0.3) is 5.91 Å². The Bertz CT molecular complexity index is 659. The molecule has 0 saturated heterocycles. The number of aromatic nitrogens is 1. The summed E-state index contributed by atoms with van der Waals surface area (Å²) in [5, 5.41) is 2.72. The van der Waals surface area contributed by atoms with Crippen LogP contribution in [0, 0.1) is 5.82 Å². The lowest BCUT2D eigenvalue weighted by Gasteiger charge is -2.20. The van der Waals surface area contributed by atoms with E-state index in [2.05, 4.69) is 10.3 Å². The number of carbonyl (C=O) groups excluding carboxylic acids is 2. The molecule has 0 aliphatic heterocycles. The fourth-order valence-corrected chi connectivity index (χ4v) is 2.04. The number of amides is 2. The molecular weight excluding hydrogens is 297 g/mol. The number of likely N-dealkylation sites (N-methyl/N-ethyl adjacent to an activating group) is 1. The van der Waals surface area contributed by atoms with E-state index < -0.39 is 0 Å². The minimum absolute atomic E-state index is 0.0289. The van der Waals surface area contributed by atoms with E-state index in [0.29, 0.717) is 18.7 Å².